The van der Waals surface area contributed by atoms with Crippen molar-refractivity contribution in [2.24, 2.45) is 16.8 Å². The van der Waals surface area contributed by atoms with Gasteiger partial charge in [-0.2, -0.15) is 0 Å². The van der Waals surface area contributed by atoms with E-state index in [0.29, 0.717) is 38.4 Å². The van der Waals surface area contributed by atoms with E-state index in [1.807, 2.05) is 0 Å². The molecule has 0 spiro atoms. The second-order valence-electron chi connectivity index (χ2n) is 9.03. The number of amides is 3. The number of guanidine groups is 1. The average molecular weight is 472 g/mol. The van der Waals surface area contributed by atoms with Gasteiger partial charge in [-0.1, -0.05) is 0 Å². The Morgan fingerprint density at radius 2 is 1.85 bits per heavy atom. The third-order valence-electron chi connectivity index (χ3n) is 5.01. The summed E-state index contributed by atoms with van der Waals surface area (Å²) in [4.78, 5) is 48.5. The predicted octanol–water partition coefficient (Wildman–Crippen LogP) is 0.521. The lowest BCUT2D eigenvalue weighted by Crippen LogP contribution is -2.51. The highest BCUT2D eigenvalue weighted by atomic mass is 16.7. The molecule has 1 aliphatic rings. The Bertz CT molecular complexity index is 714. The van der Waals surface area contributed by atoms with Gasteiger partial charge < -0.3 is 31.3 Å². The molecular weight excluding hydrogens is 434 g/mol. The third-order valence-corrected chi connectivity index (χ3v) is 5.01. The van der Waals surface area contributed by atoms with Gasteiger partial charge in [-0.05, 0) is 58.8 Å². The van der Waals surface area contributed by atoms with E-state index in [-0.39, 0.29) is 24.3 Å². The van der Waals surface area contributed by atoms with Gasteiger partial charge in [0, 0.05) is 33.1 Å². The Morgan fingerprint density at radius 1 is 1.21 bits per heavy atom. The first kappa shape index (κ1) is 27.9. The number of nitrogens with one attached hydrogen (secondary N) is 3. The lowest BCUT2D eigenvalue weighted by atomic mass is 9.93. The zero-order valence-corrected chi connectivity index (χ0v) is 19.9. The minimum atomic E-state index is -0.904. The van der Waals surface area contributed by atoms with E-state index in [1.54, 1.807) is 25.7 Å². The Labute approximate surface area is 194 Å². The van der Waals surface area contributed by atoms with Crippen molar-refractivity contribution in [2.75, 3.05) is 26.2 Å². The van der Waals surface area contributed by atoms with E-state index < -0.39 is 22.8 Å². The van der Waals surface area contributed by atoms with E-state index >= 15 is 0 Å². The summed E-state index contributed by atoms with van der Waals surface area (Å²) >= 11 is 0. The SMILES string of the molecule is CC(=O)NCCC1CCN(C(=O)[C@H](CCCN/C(N)=N/[N+](=O)[O-])NC(=O)OC(C)(C)C)CC1. The maximum atomic E-state index is 13.1. The molecule has 0 aromatic heterocycles. The van der Waals surface area contributed by atoms with Gasteiger partial charge >= 0.3 is 6.09 Å². The molecule has 5 N–H and O–H groups in total. The maximum absolute atomic E-state index is 13.1. The van der Waals surface area contributed by atoms with Gasteiger partial charge in [-0.25, -0.2) is 14.9 Å². The molecule has 1 fully saturated rings. The minimum Gasteiger partial charge on any atom is -0.444 e. The van der Waals surface area contributed by atoms with Crippen LogP contribution in [0.15, 0.2) is 5.10 Å². The molecule has 1 saturated heterocycles. The number of ether oxygens (including phenoxy) is 1. The number of nitro groups is 1. The van der Waals surface area contributed by atoms with Crippen molar-refractivity contribution in [2.45, 2.75) is 71.4 Å². The number of hydrogen-bond donors (Lipinski definition) is 4. The highest BCUT2D eigenvalue weighted by molar-refractivity contribution is 5.85. The van der Waals surface area contributed by atoms with E-state index in [9.17, 15) is 24.5 Å². The smallest absolute Gasteiger partial charge is 0.408 e. The van der Waals surface area contributed by atoms with Gasteiger partial charge in [0.1, 0.15) is 16.7 Å². The largest absolute Gasteiger partial charge is 0.444 e. The van der Waals surface area contributed by atoms with Crippen LogP contribution in [0.3, 0.4) is 0 Å². The summed E-state index contributed by atoms with van der Waals surface area (Å²) in [5.41, 5.74) is 4.68. The predicted molar refractivity (Wildman–Crippen MR) is 122 cm³/mol. The van der Waals surface area contributed by atoms with Crippen molar-refractivity contribution in [3.05, 3.63) is 10.1 Å². The Balaban J connectivity index is 2.64. The van der Waals surface area contributed by atoms with Gasteiger partial charge in [-0.3, -0.25) is 9.59 Å². The van der Waals surface area contributed by atoms with Crippen LogP contribution in [0.1, 0.15) is 59.8 Å². The molecule has 13 nitrogen and oxygen atoms in total. The van der Waals surface area contributed by atoms with Gasteiger partial charge in [0.15, 0.2) is 5.03 Å². The highest BCUT2D eigenvalue weighted by Gasteiger charge is 2.30. The molecule has 0 saturated carbocycles. The van der Waals surface area contributed by atoms with Crippen LogP contribution in [0, 0.1) is 16.0 Å². The molecule has 0 aromatic rings. The molecule has 3 amide bonds. The summed E-state index contributed by atoms with van der Waals surface area (Å²) in [6.07, 6.45) is 2.51. The fourth-order valence-electron chi connectivity index (χ4n) is 3.47. The zero-order chi connectivity index (χ0) is 25.0. The van der Waals surface area contributed by atoms with Gasteiger partial charge in [0.05, 0.1) is 0 Å². The molecule has 1 rings (SSSR count). The number of likely N-dealkylation sites (tertiary alicyclic amines) is 1. The third kappa shape index (κ3) is 12.5. The zero-order valence-electron chi connectivity index (χ0n) is 19.9. The Kier molecular flexibility index (Phi) is 11.4. The molecule has 0 unspecified atom stereocenters. The fourth-order valence-corrected chi connectivity index (χ4v) is 3.47. The maximum Gasteiger partial charge on any atom is 0.408 e. The number of carbonyl (C=O) groups excluding carboxylic acids is 3. The fraction of sp³-hybridized carbons (Fsp3) is 0.800. The normalized spacial score (nSPS) is 16.0. The van der Waals surface area contributed by atoms with E-state index in [1.165, 1.54) is 6.92 Å². The van der Waals surface area contributed by atoms with Crippen LogP contribution in [0.2, 0.25) is 0 Å². The second-order valence-corrected chi connectivity index (χ2v) is 9.03. The van der Waals surface area contributed by atoms with Crippen LogP contribution in [0.25, 0.3) is 0 Å². The van der Waals surface area contributed by atoms with E-state index in [0.717, 1.165) is 19.3 Å². The van der Waals surface area contributed by atoms with Crippen LogP contribution in [0.5, 0.6) is 0 Å². The molecule has 0 aliphatic carbocycles. The van der Waals surface area contributed by atoms with E-state index in [2.05, 4.69) is 21.1 Å². The molecule has 1 atom stereocenters. The summed E-state index contributed by atoms with van der Waals surface area (Å²) in [6, 6.07) is -0.800. The summed E-state index contributed by atoms with van der Waals surface area (Å²) < 4.78 is 5.29. The van der Waals surface area contributed by atoms with Crippen molar-refractivity contribution in [3.63, 3.8) is 0 Å². The van der Waals surface area contributed by atoms with Gasteiger partial charge in [-0.15, -0.1) is 0 Å². The number of hydrogen-bond acceptors (Lipinski definition) is 6. The summed E-state index contributed by atoms with van der Waals surface area (Å²) in [7, 11) is 0. The molecule has 0 radical (unpaired) electrons. The average Bonchev–Trinajstić information content (AvgIpc) is 2.68. The number of hydrazone groups is 1. The number of piperidine rings is 1. The Morgan fingerprint density at radius 3 is 2.39 bits per heavy atom. The number of rotatable bonds is 10. The Hall–Kier alpha value is -3.12. The lowest BCUT2D eigenvalue weighted by molar-refractivity contribution is -0.485. The van der Waals surface area contributed by atoms with Gasteiger partial charge in [0.2, 0.25) is 11.8 Å². The molecule has 188 valence electrons. The van der Waals surface area contributed by atoms with Crippen LogP contribution < -0.4 is 21.7 Å². The molecule has 0 aromatic carbocycles. The summed E-state index contributed by atoms with van der Waals surface area (Å²) in [5.74, 6) is -0.164. The first-order chi connectivity index (χ1) is 15.4. The molecule has 13 heteroatoms. The molecule has 1 aliphatic heterocycles. The number of nitrogens with two attached hydrogens (primary N) is 1. The van der Waals surface area contributed by atoms with E-state index in [4.69, 9.17) is 10.5 Å². The minimum absolute atomic E-state index is 0.0560. The van der Waals surface area contributed by atoms with Crippen molar-refractivity contribution >= 4 is 23.9 Å². The quantitative estimate of drug-likeness (QED) is 0.117. The first-order valence-corrected chi connectivity index (χ1v) is 11.1. The topological polar surface area (TPSA) is 181 Å². The molecule has 33 heavy (non-hydrogen) atoms. The van der Waals surface area contributed by atoms with Crippen molar-refractivity contribution in [1.82, 2.24) is 20.9 Å². The summed E-state index contributed by atoms with van der Waals surface area (Å²) in [6.45, 7) is 8.68. The number of alkyl carbamates (subject to hydrolysis) is 1. The van der Waals surface area contributed by atoms with Gasteiger partial charge in [0.25, 0.3) is 5.96 Å². The standard InChI is InChI=1S/C20H37N7O6/c1-14(28)22-11-7-15-8-12-26(13-9-15)17(29)16(24-19(30)33-20(2,3)4)6-5-10-23-18(21)25-27(31)32/h15-16H,5-13H2,1-4H3,(H,22,28)(H,24,30)(H3,21,23,25)/t16-/m0/s1. The van der Waals surface area contributed by atoms with Crippen LogP contribution in [0.4, 0.5) is 4.79 Å². The number of nitrogens with zero attached hydrogens (tertiary/aromatic N) is 3. The van der Waals surface area contributed by atoms with Crippen LogP contribution in [-0.4, -0.2) is 71.6 Å². The van der Waals surface area contributed by atoms with Crippen LogP contribution in [-0.2, 0) is 14.3 Å². The second kappa shape index (κ2) is 13.4. The number of carbonyl (C=O) groups is 3. The first-order valence-electron chi connectivity index (χ1n) is 11.1. The van der Waals surface area contributed by atoms with Crippen LogP contribution >= 0.6 is 0 Å². The van der Waals surface area contributed by atoms with Crippen molar-refractivity contribution in [1.29, 1.82) is 0 Å². The monoisotopic (exact) mass is 471 g/mol. The molecular formula is C20H37N7O6. The van der Waals surface area contributed by atoms with Crippen molar-refractivity contribution < 1.29 is 24.2 Å². The highest BCUT2D eigenvalue weighted by Crippen LogP contribution is 2.21. The molecule has 0 bridgehead atoms. The molecule has 1 heterocycles. The lowest BCUT2D eigenvalue weighted by Gasteiger charge is -2.34. The van der Waals surface area contributed by atoms with Crippen molar-refractivity contribution in [3.8, 4) is 0 Å². The summed E-state index contributed by atoms with van der Waals surface area (Å²) in [5, 5.41) is 20.4.